The molecule has 0 aliphatic carbocycles. The third-order valence-electron chi connectivity index (χ3n) is 3.19. The predicted octanol–water partition coefficient (Wildman–Crippen LogP) is 0.953. The summed E-state index contributed by atoms with van der Waals surface area (Å²) in [6.45, 7) is 6.20. The summed E-state index contributed by atoms with van der Waals surface area (Å²) in [5, 5.41) is 9.54. The van der Waals surface area contributed by atoms with E-state index in [1.165, 1.54) is 18.4 Å². The van der Waals surface area contributed by atoms with Crippen LogP contribution < -0.4 is 10.4 Å². The van der Waals surface area contributed by atoms with Crippen LogP contribution in [-0.4, -0.2) is 34.3 Å². The maximum atomic E-state index is 12.1. The maximum absolute atomic E-state index is 12.1. The van der Waals surface area contributed by atoms with E-state index >= 15 is 0 Å². The van der Waals surface area contributed by atoms with Crippen LogP contribution >= 0.6 is 11.3 Å². The third kappa shape index (κ3) is 2.89. The lowest BCUT2D eigenvalue weighted by Crippen LogP contribution is -2.27. The first-order chi connectivity index (χ1) is 11.3. The number of imidazole rings is 1. The lowest BCUT2D eigenvalue weighted by molar-refractivity contribution is 0.275. The summed E-state index contributed by atoms with van der Waals surface area (Å²) in [4.78, 5) is 20.4. The molecule has 3 aromatic rings. The van der Waals surface area contributed by atoms with Crippen LogP contribution in [0, 0.1) is 0 Å². The summed E-state index contributed by atoms with van der Waals surface area (Å²) in [6, 6.07) is 0. The van der Waals surface area contributed by atoms with Crippen LogP contribution in [0.1, 0.15) is 27.8 Å². The van der Waals surface area contributed by atoms with Gasteiger partial charge in [0.2, 0.25) is 0 Å². The van der Waals surface area contributed by atoms with Gasteiger partial charge in [0.05, 0.1) is 7.70 Å². The van der Waals surface area contributed by atoms with Crippen LogP contribution in [0.5, 0.6) is 5.19 Å². The van der Waals surface area contributed by atoms with Gasteiger partial charge in [0.1, 0.15) is 12.3 Å². The monoisotopic (exact) mass is 337 g/mol. The van der Waals surface area contributed by atoms with Crippen molar-refractivity contribution >= 4 is 11.3 Å². The van der Waals surface area contributed by atoms with Gasteiger partial charge in [0.15, 0.2) is 5.82 Å². The molecule has 0 aromatic carbocycles. The van der Waals surface area contributed by atoms with Crippen molar-refractivity contribution < 1.29 is 6.11 Å². The number of hydrogen-bond acceptors (Lipinski definition) is 7. The third-order valence-corrected chi connectivity index (χ3v) is 3.82. The molecule has 0 bridgehead atoms. The molecule has 0 aliphatic rings. The Morgan fingerprint density at radius 2 is 2.13 bits per heavy atom. The molecule has 0 amide bonds. The number of tetrazole rings is 1. The van der Waals surface area contributed by atoms with E-state index in [0.717, 1.165) is 9.36 Å². The number of thiazole rings is 1. The minimum Gasteiger partial charge on any atom is -0.463 e. The molecule has 3 heterocycles. The normalized spacial score (nSPS) is 12.4. The molecule has 23 heavy (non-hydrogen) atoms. The predicted molar refractivity (Wildman–Crippen MR) is 83.8 cm³/mol. The van der Waals surface area contributed by atoms with Crippen molar-refractivity contribution in [3.05, 3.63) is 34.1 Å². The Morgan fingerprint density at radius 1 is 1.35 bits per heavy atom. The smallest absolute Gasteiger partial charge is 0.369 e. The zero-order chi connectivity index (χ0) is 17.5. The number of ether oxygens (including phenoxy) is 1. The van der Waals surface area contributed by atoms with Gasteiger partial charge in [0.25, 0.3) is 5.19 Å². The maximum Gasteiger partial charge on any atom is 0.369 e. The van der Waals surface area contributed by atoms with Gasteiger partial charge in [-0.15, -0.1) is 4.68 Å². The molecular weight excluding hydrogens is 318 g/mol. The van der Waals surface area contributed by atoms with E-state index in [1.807, 2.05) is 25.3 Å². The zero-order valence-electron chi connectivity index (χ0n) is 14.2. The number of aromatic nitrogens is 7. The highest BCUT2D eigenvalue weighted by Crippen LogP contribution is 2.23. The molecule has 0 saturated heterocycles. The Bertz CT molecular complexity index is 918. The number of rotatable bonds is 4. The summed E-state index contributed by atoms with van der Waals surface area (Å²) < 4.78 is 17.3. The van der Waals surface area contributed by atoms with Crippen molar-refractivity contribution in [3.63, 3.8) is 0 Å². The molecular formula is C13H17N7O2S. The minimum atomic E-state index is -0.391. The second-order valence-electron chi connectivity index (χ2n) is 5.88. The van der Waals surface area contributed by atoms with E-state index in [2.05, 4.69) is 20.4 Å². The van der Waals surface area contributed by atoms with E-state index < -0.39 is 5.69 Å². The van der Waals surface area contributed by atoms with E-state index in [-0.39, 0.29) is 18.3 Å². The molecule has 122 valence electrons. The lowest BCUT2D eigenvalue weighted by atomic mass is 10.1. The van der Waals surface area contributed by atoms with Crippen molar-refractivity contribution in [2.75, 3.05) is 0 Å². The average Bonchev–Trinajstić information content (AvgIpc) is 3.17. The summed E-state index contributed by atoms with van der Waals surface area (Å²) >= 11 is 1.24. The second kappa shape index (κ2) is 5.61. The van der Waals surface area contributed by atoms with Crippen molar-refractivity contribution in [1.82, 2.24) is 34.3 Å². The first-order valence-electron chi connectivity index (χ1n) is 7.38. The molecule has 3 aromatic heterocycles. The van der Waals surface area contributed by atoms with Crippen molar-refractivity contribution in [2.24, 2.45) is 7.05 Å². The highest BCUT2D eigenvalue weighted by molar-refractivity contribution is 7.11. The standard InChI is InChI=1S/C13H17N7O2S/c1-13(2,3)19-8-15-10(20-12(21)18(4)16-17-20)9(19)7-22-11-14-5-6-23-11/h5-6,8H,7H2,1-4H3/i5T. The fraction of sp³-hybridized carbons (Fsp3) is 0.462. The first-order valence-corrected chi connectivity index (χ1v) is 7.76. The number of nitrogens with zero attached hydrogens (tertiary/aromatic N) is 7. The molecule has 0 spiro atoms. The lowest BCUT2D eigenvalue weighted by Gasteiger charge is -2.23. The summed E-state index contributed by atoms with van der Waals surface area (Å²) in [5.74, 6) is 0.366. The van der Waals surface area contributed by atoms with Gasteiger partial charge in [-0.1, -0.05) is 11.3 Å². The summed E-state index contributed by atoms with van der Waals surface area (Å²) in [5.41, 5.74) is 0.0177. The highest BCUT2D eigenvalue weighted by Gasteiger charge is 2.24. The number of aryl methyl sites for hydroxylation is 1. The molecule has 0 aliphatic heterocycles. The van der Waals surface area contributed by atoms with Crippen LogP contribution in [-0.2, 0) is 19.2 Å². The molecule has 0 N–H and O–H groups in total. The van der Waals surface area contributed by atoms with Crippen LogP contribution in [0.3, 0.4) is 0 Å². The van der Waals surface area contributed by atoms with E-state index in [4.69, 9.17) is 6.11 Å². The minimum absolute atomic E-state index is 0.141. The van der Waals surface area contributed by atoms with Crippen LogP contribution in [0.25, 0.3) is 5.82 Å². The van der Waals surface area contributed by atoms with E-state index in [0.29, 0.717) is 16.7 Å². The van der Waals surface area contributed by atoms with E-state index in [9.17, 15) is 4.79 Å². The Balaban J connectivity index is 2.02. The Morgan fingerprint density at radius 3 is 2.70 bits per heavy atom. The SMILES string of the molecule is [3H]c1csc(OCc2c(-n3nnn(C)c3=O)ncn2C(C)(C)C)n1. The second-order valence-corrected chi connectivity index (χ2v) is 6.70. The van der Waals surface area contributed by atoms with Gasteiger partial charge in [-0.25, -0.2) is 14.8 Å². The van der Waals surface area contributed by atoms with Gasteiger partial charge >= 0.3 is 5.69 Å². The average molecular weight is 337 g/mol. The van der Waals surface area contributed by atoms with Gasteiger partial charge in [-0.3, -0.25) is 0 Å². The van der Waals surface area contributed by atoms with Crippen molar-refractivity contribution in [1.29, 1.82) is 0 Å². The van der Waals surface area contributed by atoms with Crippen LogP contribution in [0.4, 0.5) is 0 Å². The molecule has 0 saturated carbocycles. The fourth-order valence-electron chi connectivity index (χ4n) is 2.08. The van der Waals surface area contributed by atoms with Crippen molar-refractivity contribution in [2.45, 2.75) is 32.9 Å². The highest BCUT2D eigenvalue weighted by atomic mass is 32.1. The quantitative estimate of drug-likeness (QED) is 0.704. The first kappa shape index (κ1) is 14.1. The van der Waals surface area contributed by atoms with E-state index in [1.54, 1.807) is 11.7 Å². The zero-order valence-corrected chi connectivity index (χ0v) is 14.0. The van der Waals surface area contributed by atoms with Gasteiger partial charge < -0.3 is 9.30 Å². The fourth-order valence-corrected chi connectivity index (χ4v) is 2.52. The molecule has 10 heteroatoms. The van der Waals surface area contributed by atoms with Crippen LogP contribution in [0.2, 0.25) is 0 Å². The van der Waals surface area contributed by atoms with Crippen LogP contribution in [0.15, 0.2) is 22.7 Å². The van der Waals surface area contributed by atoms with Gasteiger partial charge in [-0.2, -0.15) is 4.68 Å². The topological polar surface area (TPSA) is 92.6 Å². The molecule has 0 radical (unpaired) electrons. The molecule has 0 fully saturated rings. The Kier molecular flexibility index (Phi) is 3.45. The number of hydrogen-bond donors (Lipinski definition) is 0. The summed E-state index contributed by atoms with van der Waals surface area (Å²) in [6.07, 6.45) is 1.80. The molecule has 9 nitrogen and oxygen atoms in total. The van der Waals surface area contributed by atoms with Crippen molar-refractivity contribution in [3.8, 4) is 11.0 Å². The van der Waals surface area contributed by atoms with Gasteiger partial charge in [0, 0.05) is 24.1 Å². The molecule has 3 rings (SSSR count). The largest absolute Gasteiger partial charge is 0.463 e. The Hall–Kier alpha value is -2.49. The molecule has 0 unspecified atom stereocenters. The van der Waals surface area contributed by atoms with Gasteiger partial charge in [-0.05, 0) is 31.2 Å². The molecule has 0 atom stereocenters. The summed E-state index contributed by atoms with van der Waals surface area (Å²) in [7, 11) is 1.52. The Labute approximate surface area is 137 Å².